The first-order valence-corrected chi connectivity index (χ1v) is 6.51. The lowest BCUT2D eigenvalue weighted by molar-refractivity contribution is -0.123. The predicted molar refractivity (Wildman–Crippen MR) is 64.0 cm³/mol. The van der Waals surface area contributed by atoms with Gasteiger partial charge in [0.05, 0.1) is 0 Å². The SMILES string of the molecule is NC(=O)C1CCN(C2CCCNCC2)CC1. The molecule has 1 unspecified atom stereocenters. The van der Waals surface area contributed by atoms with Crippen LogP contribution in [0.4, 0.5) is 0 Å². The fourth-order valence-corrected chi connectivity index (χ4v) is 2.91. The molecule has 0 spiro atoms. The highest BCUT2D eigenvalue weighted by atomic mass is 16.1. The smallest absolute Gasteiger partial charge is 0.220 e. The van der Waals surface area contributed by atoms with Crippen LogP contribution in [-0.4, -0.2) is 43.0 Å². The van der Waals surface area contributed by atoms with Crippen LogP contribution in [0.2, 0.25) is 0 Å². The van der Waals surface area contributed by atoms with Crippen LogP contribution in [0.25, 0.3) is 0 Å². The summed E-state index contributed by atoms with van der Waals surface area (Å²) in [4.78, 5) is 13.6. The Bertz CT molecular complexity index is 228. The van der Waals surface area contributed by atoms with Crippen molar-refractivity contribution in [1.82, 2.24) is 10.2 Å². The van der Waals surface area contributed by atoms with E-state index in [0.717, 1.165) is 45.1 Å². The highest BCUT2D eigenvalue weighted by molar-refractivity contribution is 5.76. The molecule has 92 valence electrons. The van der Waals surface area contributed by atoms with E-state index < -0.39 is 0 Å². The van der Waals surface area contributed by atoms with Crippen molar-refractivity contribution < 1.29 is 4.79 Å². The van der Waals surface area contributed by atoms with Crippen molar-refractivity contribution >= 4 is 5.91 Å². The molecule has 16 heavy (non-hydrogen) atoms. The molecule has 3 N–H and O–H groups in total. The number of nitrogens with two attached hydrogens (primary N) is 1. The number of carbonyl (C=O) groups excluding carboxylic acids is 1. The molecule has 0 saturated carbocycles. The Hall–Kier alpha value is -0.610. The molecule has 2 fully saturated rings. The lowest BCUT2D eigenvalue weighted by atomic mass is 9.94. The summed E-state index contributed by atoms with van der Waals surface area (Å²) in [5.74, 6) is 0.0161. The van der Waals surface area contributed by atoms with Crippen LogP contribution in [-0.2, 0) is 4.79 Å². The molecule has 0 radical (unpaired) electrons. The van der Waals surface area contributed by atoms with Gasteiger partial charge in [-0.15, -0.1) is 0 Å². The van der Waals surface area contributed by atoms with Crippen molar-refractivity contribution in [1.29, 1.82) is 0 Å². The maximum Gasteiger partial charge on any atom is 0.220 e. The number of hydrogen-bond donors (Lipinski definition) is 2. The number of nitrogens with one attached hydrogen (secondary N) is 1. The van der Waals surface area contributed by atoms with E-state index in [2.05, 4.69) is 10.2 Å². The zero-order valence-electron chi connectivity index (χ0n) is 9.95. The Morgan fingerprint density at radius 1 is 1.12 bits per heavy atom. The number of amides is 1. The summed E-state index contributed by atoms with van der Waals surface area (Å²) >= 11 is 0. The van der Waals surface area contributed by atoms with Gasteiger partial charge in [0.15, 0.2) is 0 Å². The Kier molecular flexibility index (Phi) is 4.18. The number of hydrogen-bond acceptors (Lipinski definition) is 3. The molecule has 2 saturated heterocycles. The normalized spacial score (nSPS) is 29.9. The van der Waals surface area contributed by atoms with Gasteiger partial charge < -0.3 is 16.0 Å². The fourth-order valence-electron chi connectivity index (χ4n) is 2.91. The number of likely N-dealkylation sites (tertiary alicyclic amines) is 1. The summed E-state index contributed by atoms with van der Waals surface area (Å²) in [6.07, 6.45) is 5.74. The molecule has 1 amide bonds. The van der Waals surface area contributed by atoms with Crippen LogP contribution in [0, 0.1) is 5.92 Å². The van der Waals surface area contributed by atoms with Gasteiger partial charge >= 0.3 is 0 Å². The molecule has 2 heterocycles. The summed E-state index contributed by atoms with van der Waals surface area (Å²) in [7, 11) is 0. The highest BCUT2D eigenvalue weighted by Crippen LogP contribution is 2.22. The zero-order valence-corrected chi connectivity index (χ0v) is 9.95. The second-order valence-corrected chi connectivity index (χ2v) is 5.05. The molecule has 4 heteroatoms. The first-order valence-electron chi connectivity index (χ1n) is 6.51. The molecule has 0 aliphatic carbocycles. The van der Waals surface area contributed by atoms with Crippen molar-refractivity contribution in [2.24, 2.45) is 11.7 Å². The average Bonchev–Trinajstić information content (AvgIpc) is 2.57. The van der Waals surface area contributed by atoms with Gasteiger partial charge in [-0.05, 0) is 58.3 Å². The van der Waals surface area contributed by atoms with Gasteiger partial charge in [-0.2, -0.15) is 0 Å². The summed E-state index contributed by atoms with van der Waals surface area (Å²) < 4.78 is 0. The minimum atomic E-state index is -0.109. The third kappa shape index (κ3) is 2.95. The second-order valence-electron chi connectivity index (χ2n) is 5.05. The van der Waals surface area contributed by atoms with E-state index in [9.17, 15) is 4.79 Å². The maximum absolute atomic E-state index is 11.1. The quantitative estimate of drug-likeness (QED) is 0.712. The number of nitrogens with zero attached hydrogens (tertiary/aromatic N) is 1. The summed E-state index contributed by atoms with van der Waals surface area (Å²) in [5, 5.41) is 3.44. The van der Waals surface area contributed by atoms with Crippen molar-refractivity contribution in [2.75, 3.05) is 26.2 Å². The lowest BCUT2D eigenvalue weighted by Gasteiger charge is -2.36. The first-order chi connectivity index (χ1) is 7.77. The molecular formula is C12H23N3O. The molecule has 4 nitrogen and oxygen atoms in total. The van der Waals surface area contributed by atoms with Crippen LogP contribution >= 0.6 is 0 Å². The number of primary amides is 1. The summed E-state index contributed by atoms with van der Waals surface area (Å²) in [6.45, 7) is 4.41. The van der Waals surface area contributed by atoms with Gasteiger partial charge in [0.2, 0.25) is 5.91 Å². The molecule has 1 atom stereocenters. The Balaban J connectivity index is 1.81. The van der Waals surface area contributed by atoms with Crippen molar-refractivity contribution in [3.05, 3.63) is 0 Å². The van der Waals surface area contributed by atoms with E-state index in [0.29, 0.717) is 0 Å². The Labute approximate surface area is 97.6 Å². The van der Waals surface area contributed by atoms with Crippen LogP contribution < -0.4 is 11.1 Å². The van der Waals surface area contributed by atoms with E-state index in [1.807, 2.05) is 0 Å². The average molecular weight is 225 g/mol. The first kappa shape index (κ1) is 11.9. The zero-order chi connectivity index (χ0) is 11.4. The predicted octanol–water partition coefficient (Wildman–Crippen LogP) is 0.326. The van der Waals surface area contributed by atoms with E-state index in [-0.39, 0.29) is 11.8 Å². The van der Waals surface area contributed by atoms with E-state index in [4.69, 9.17) is 5.73 Å². The molecule has 2 aliphatic heterocycles. The van der Waals surface area contributed by atoms with Gasteiger partial charge in [-0.25, -0.2) is 0 Å². The van der Waals surface area contributed by atoms with Crippen LogP contribution in [0.3, 0.4) is 0 Å². The third-order valence-electron chi connectivity index (χ3n) is 3.99. The van der Waals surface area contributed by atoms with E-state index in [1.165, 1.54) is 19.3 Å². The monoisotopic (exact) mass is 225 g/mol. The van der Waals surface area contributed by atoms with Crippen molar-refractivity contribution in [3.63, 3.8) is 0 Å². The van der Waals surface area contributed by atoms with Crippen LogP contribution in [0.15, 0.2) is 0 Å². The van der Waals surface area contributed by atoms with Crippen LogP contribution in [0.1, 0.15) is 32.1 Å². The molecule has 0 aromatic carbocycles. The molecule has 0 aromatic rings. The van der Waals surface area contributed by atoms with E-state index in [1.54, 1.807) is 0 Å². The molecule has 0 bridgehead atoms. The molecular weight excluding hydrogens is 202 g/mol. The second kappa shape index (κ2) is 5.64. The topological polar surface area (TPSA) is 58.4 Å². The summed E-state index contributed by atoms with van der Waals surface area (Å²) in [6, 6.07) is 0.726. The number of piperidine rings is 1. The number of rotatable bonds is 2. The standard InChI is InChI=1S/C12H23N3O/c13-12(16)10-4-8-15(9-5-10)11-2-1-6-14-7-3-11/h10-11,14H,1-9H2,(H2,13,16). The van der Waals surface area contributed by atoms with Crippen LogP contribution in [0.5, 0.6) is 0 Å². The molecule has 0 aromatic heterocycles. The lowest BCUT2D eigenvalue weighted by Crippen LogP contribution is -2.44. The minimum absolute atomic E-state index is 0.109. The Morgan fingerprint density at radius 3 is 2.56 bits per heavy atom. The number of carbonyl (C=O) groups is 1. The Morgan fingerprint density at radius 2 is 1.88 bits per heavy atom. The van der Waals surface area contributed by atoms with E-state index >= 15 is 0 Å². The molecule has 2 rings (SSSR count). The largest absolute Gasteiger partial charge is 0.369 e. The van der Waals surface area contributed by atoms with Crippen molar-refractivity contribution in [3.8, 4) is 0 Å². The van der Waals surface area contributed by atoms with Gasteiger partial charge in [0.25, 0.3) is 0 Å². The summed E-state index contributed by atoms with van der Waals surface area (Å²) in [5.41, 5.74) is 5.35. The highest BCUT2D eigenvalue weighted by Gasteiger charge is 2.27. The fraction of sp³-hybridized carbons (Fsp3) is 0.917. The van der Waals surface area contributed by atoms with Gasteiger partial charge in [0.1, 0.15) is 0 Å². The molecule has 2 aliphatic rings. The maximum atomic E-state index is 11.1. The third-order valence-corrected chi connectivity index (χ3v) is 3.99. The minimum Gasteiger partial charge on any atom is -0.369 e. The van der Waals surface area contributed by atoms with Gasteiger partial charge in [0, 0.05) is 12.0 Å². The van der Waals surface area contributed by atoms with Crippen molar-refractivity contribution in [2.45, 2.75) is 38.1 Å². The van der Waals surface area contributed by atoms with Gasteiger partial charge in [-0.1, -0.05) is 0 Å². The van der Waals surface area contributed by atoms with Gasteiger partial charge in [-0.3, -0.25) is 4.79 Å².